The van der Waals surface area contributed by atoms with Gasteiger partial charge in [-0.3, -0.25) is 0 Å². The molecule has 5 aliphatic carbocycles. The first-order valence-electron chi connectivity index (χ1n) is 14.8. The van der Waals surface area contributed by atoms with E-state index < -0.39 is 5.79 Å². The van der Waals surface area contributed by atoms with Gasteiger partial charge in [-0.1, -0.05) is 33.6 Å². The summed E-state index contributed by atoms with van der Waals surface area (Å²) in [5.74, 6) is 5.06. The highest BCUT2D eigenvalue weighted by Crippen LogP contribution is 2.82. The highest BCUT2D eigenvalue weighted by atomic mass is 16.7. The van der Waals surface area contributed by atoms with Crippen LogP contribution >= 0.6 is 0 Å². The zero-order valence-corrected chi connectivity index (χ0v) is 23.3. The molecule has 1 aliphatic heterocycles. The van der Waals surface area contributed by atoms with Crippen molar-refractivity contribution in [3.63, 3.8) is 0 Å². The second-order valence-electron chi connectivity index (χ2n) is 15.1. The van der Waals surface area contributed by atoms with Gasteiger partial charge < -0.3 is 14.2 Å². The third kappa shape index (κ3) is 3.24. The lowest BCUT2D eigenvalue weighted by Crippen LogP contribution is -2.57. The SMILES string of the molecule is CO[C@@H]1C[C@H]2[C@@H]3CC[C@H]([C@H](C)CCCC4(C)COC(C)(C)O4)[C@@]3(C)CC[C@@H]2[C@@]2(C)CC[C@H]3C[C@]312. The molecule has 0 N–H and O–H groups in total. The standard InChI is InChI=1S/C31H52O3/c1-20(9-8-14-28(4)19-33-27(2,3)34-28)23-10-11-24-22-17-26(32-7)31-18-21(31)12-16-30(31,6)25(22)13-15-29(23,24)5/h20-26H,8-19H2,1-7H3/t20-,21+,22+,23-,24+,25+,26-,28?,29-,30-,31+/m1/s1. The molecule has 0 bridgehead atoms. The number of hydrogen-bond acceptors (Lipinski definition) is 3. The molecule has 6 aliphatic rings. The number of hydrogen-bond donors (Lipinski definition) is 0. The van der Waals surface area contributed by atoms with Gasteiger partial charge in [-0.05, 0) is 125 Å². The topological polar surface area (TPSA) is 27.7 Å². The van der Waals surface area contributed by atoms with Gasteiger partial charge in [0, 0.05) is 12.5 Å². The highest BCUT2D eigenvalue weighted by Gasteiger charge is 2.77. The van der Waals surface area contributed by atoms with Gasteiger partial charge in [0.1, 0.15) is 0 Å². The summed E-state index contributed by atoms with van der Waals surface area (Å²) in [6.45, 7) is 15.1. The van der Waals surface area contributed by atoms with Crippen LogP contribution < -0.4 is 0 Å². The van der Waals surface area contributed by atoms with Crippen molar-refractivity contribution in [2.75, 3.05) is 13.7 Å². The van der Waals surface area contributed by atoms with Crippen molar-refractivity contribution in [2.24, 2.45) is 51.8 Å². The molecule has 194 valence electrons. The third-order valence-electron chi connectivity index (χ3n) is 13.2. The molecule has 3 heteroatoms. The predicted octanol–water partition coefficient (Wildman–Crippen LogP) is 7.62. The number of methoxy groups -OCH3 is 1. The third-order valence-corrected chi connectivity index (χ3v) is 13.2. The molecule has 5 saturated carbocycles. The fourth-order valence-corrected chi connectivity index (χ4v) is 11.7. The Bertz CT molecular complexity index is 808. The molecule has 6 rings (SSSR count). The van der Waals surface area contributed by atoms with E-state index in [9.17, 15) is 0 Å². The van der Waals surface area contributed by atoms with E-state index in [-0.39, 0.29) is 5.60 Å². The van der Waals surface area contributed by atoms with Crippen LogP contribution in [-0.2, 0) is 14.2 Å². The van der Waals surface area contributed by atoms with E-state index in [0.717, 1.165) is 48.5 Å². The molecule has 1 spiro atoms. The average molecular weight is 473 g/mol. The first-order valence-corrected chi connectivity index (χ1v) is 14.8. The Morgan fingerprint density at radius 3 is 2.44 bits per heavy atom. The lowest BCUT2D eigenvalue weighted by atomic mass is 9.45. The van der Waals surface area contributed by atoms with E-state index in [2.05, 4.69) is 27.7 Å². The minimum absolute atomic E-state index is 0.103. The van der Waals surface area contributed by atoms with Gasteiger partial charge >= 0.3 is 0 Å². The molecule has 0 radical (unpaired) electrons. The summed E-state index contributed by atoms with van der Waals surface area (Å²) in [5.41, 5.74) is 1.55. The maximum absolute atomic E-state index is 6.32. The summed E-state index contributed by atoms with van der Waals surface area (Å²) in [5, 5.41) is 0. The normalized spacial score (nSPS) is 55.9. The average Bonchev–Trinajstić information content (AvgIpc) is 3.12. The van der Waals surface area contributed by atoms with Crippen molar-refractivity contribution in [1.82, 2.24) is 0 Å². The molecule has 0 aromatic heterocycles. The molecule has 1 saturated heterocycles. The molecule has 0 aromatic carbocycles. The fourth-order valence-electron chi connectivity index (χ4n) is 11.7. The highest BCUT2D eigenvalue weighted by molar-refractivity contribution is 5.26. The lowest BCUT2D eigenvalue weighted by Gasteiger charge is -2.61. The fraction of sp³-hybridized carbons (Fsp3) is 1.00. The van der Waals surface area contributed by atoms with E-state index in [0.29, 0.717) is 22.3 Å². The molecular weight excluding hydrogens is 420 g/mol. The predicted molar refractivity (Wildman–Crippen MR) is 136 cm³/mol. The number of fused-ring (bicyclic) bond motifs is 4. The van der Waals surface area contributed by atoms with Crippen LogP contribution in [0.1, 0.15) is 112 Å². The van der Waals surface area contributed by atoms with E-state index >= 15 is 0 Å². The Labute approximate surface area is 209 Å². The molecule has 3 nitrogen and oxygen atoms in total. The zero-order chi connectivity index (χ0) is 24.1. The summed E-state index contributed by atoms with van der Waals surface area (Å²) < 4.78 is 18.5. The van der Waals surface area contributed by atoms with Crippen molar-refractivity contribution in [1.29, 1.82) is 0 Å². The minimum Gasteiger partial charge on any atom is -0.381 e. The van der Waals surface area contributed by atoms with Crippen LogP contribution in [0.4, 0.5) is 0 Å². The molecule has 1 unspecified atom stereocenters. The van der Waals surface area contributed by atoms with Crippen molar-refractivity contribution in [3.8, 4) is 0 Å². The smallest absolute Gasteiger partial charge is 0.163 e. The molecule has 11 atom stereocenters. The maximum atomic E-state index is 6.32. The second kappa shape index (κ2) is 7.70. The minimum atomic E-state index is -0.416. The summed E-state index contributed by atoms with van der Waals surface area (Å²) in [6, 6.07) is 0. The Morgan fingerprint density at radius 1 is 0.971 bits per heavy atom. The molecule has 0 amide bonds. The summed E-state index contributed by atoms with van der Waals surface area (Å²) in [7, 11) is 2.02. The van der Waals surface area contributed by atoms with E-state index in [4.69, 9.17) is 14.2 Å². The quantitative estimate of drug-likeness (QED) is 0.398. The van der Waals surface area contributed by atoms with Crippen LogP contribution in [0.25, 0.3) is 0 Å². The van der Waals surface area contributed by atoms with Gasteiger partial charge in [0.15, 0.2) is 5.79 Å². The summed E-state index contributed by atoms with van der Waals surface area (Å²) in [4.78, 5) is 0. The number of ether oxygens (including phenoxy) is 3. The molecule has 34 heavy (non-hydrogen) atoms. The van der Waals surface area contributed by atoms with Gasteiger partial charge in [-0.25, -0.2) is 0 Å². The Morgan fingerprint density at radius 2 is 1.76 bits per heavy atom. The maximum Gasteiger partial charge on any atom is 0.163 e. The van der Waals surface area contributed by atoms with Crippen molar-refractivity contribution >= 4 is 0 Å². The lowest BCUT2D eigenvalue weighted by molar-refractivity contribution is -0.161. The van der Waals surface area contributed by atoms with Gasteiger partial charge in [0.2, 0.25) is 0 Å². The molecule has 6 fully saturated rings. The van der Waals surface area contributed by atoms with Crippen molar-refractivity contribution in [3.05, 3.63) is 0 Å². The molecule has 0 aromatic rings. The Kier molecular flexibility index (Phi) is 5.49. The van der Waals surface area contributed by atoms with Crippen LogP contribution in [0.3, 0.4) is 0 Å². The van der Waals surface area contributed by atoms with E-state index in [1.54, 1.807) is 0 Å². The largest absolute Gasteiger partial charge is 0.381 e. The van der Waals surface area contributed by atoms with E-state index in [1.807, 2.05) is 21.0 Å². The van der Waals surface area contributed by atoms with Crippen molar-refractivity contribution < 1.29 is 14.2 Å². The summed E-state index contributed by atoms with van der Waals surface area (Å²) >= 11 is 0. The molecular formula is C31H52O3. The summed E-state index contributed by atoms with van der Waals surface area (Å²) in [6.07, 6.45) is 15.9. The van der Waals surface area contributed by atoms with Crippen LogP contribution in [0.15, 0.2) is 0 Å². The van der Waals surface area contributed by atoms with Crippen LogP contribution in [0.2, 0.25) is 0 Å². The zero-order valence-electron chi connectivity index (χ0n) is 23.3. The van der Waals surface area contributed by atoms with Crippen LogP contribution in [0, 0.1) is 51.8 Å². The van der Waals surface area contributed by atoms with Gasteiger partial charge in [0.25, 0.3) is 0 Å². The molecule has 1 heterocycles. The number of rotatable bonds is 6. The van der Waals surface area contributed by atoms with Gasteiger partial charge in [-0.2, -0.15) is 0 Å². The Hall–Kier alpha value is -0.120. The van der Waals surface area contributed by atoms with Crippen LogP contribution in [-0.4, -0.2) is 31.2 Å². The Balaban J connectivity index is 1.13. The van der Waals surface area contributed by atoms with E-state index in [1.165, 1.54) is 64.2 Å². The van der Waals surface area contributed by atoms with Crippen molar-refractivity contribution in [2.45, 2.75) is 130 Å². The second-order valence-corrected chi connectivity index (χ2v) is 15.1. The van der Waals surface area contributed by atoms with Gasteiger partial charge in [-0.15, -0.1) is 0 Å². The first kappa shape index (κ1) is 24.2. The first-order chi connectivity index (χ1) is 16.0. The van der Waals surface area contributed by atoms with Crippen LogP contribution in [0.5, 0.6) is 0 Å². The van der Waals surface area contributed by atoms with Gasteiger partial charge in [0.05, 0.1) is 18.3 Å². The monoisotopic (exact) mass is 472 g/mol.